The minimum atomic E-state index is -0.129. The highest BCUT2D eigenvalue weighted by Crippen LogP contribution is 2.32. The Morgan fingerprint density at radius 2 is 2.28 bits per heavy atom. The molecule has 2 heterocycles. The van der Waals surface area contributed by atoms with Crippen molar-refractivity contribution >= 4 is 11.7 Å². The van der Waals surface area contributed by atoms with Gasteiger partial charge in [0.05, 0.1) is 18.3 Å². The lowest BCUT2D eigenvalue weighted by Crippen LogP contribution is -2.35. The lowest BCUT2D eigenvalue weighted by molar-refractivity contribution is 0.204. The van der Waals surface area contributed by atoms with Crippen LogP contribution in [0.4, 0.5) is 10.5 Å². The second-order valence-electron chi connectivity index (χ2n) is 6.43. The zero-order valence-electron chi connectivity index (χ0n) is 15.0. The summed E-state index contributed by atoms with van der Waals surface area (Å²) in [5.41, 5.74) is 1.80. The maximum atomic E-state index is 12.8. The predicted molar refractivity (Wildman–Crippen MR) is 95.7 cm³/mol. The molecule has 134 valence electrons. The van der Waals surface area contributed by atoms with E-state index in [0.717, 1.165) is 30.7 Å². The van der Waals surface area contributed by atoms with Crippen LogP contribution in [0.5, 0.6) is 5.75 Å². The van der Waals surface area contributed by atoms with Gasteiger partial charge < -0.3 is 19.5 Å². The average Bonchev–Trinajstić information content (AvgIpc) is 3.23. The maximum absolute atomic E-state index is 12.8. The second kappa shape index (κ2) is 7.55. The highest BCUT2D eigenvalue weighted by molar-refractivity contribution is 5.91. The molecule has 0 radical (unpaired) electrons. The van der Waals surface area contributed by atoms with E-state index in [1.165, 1.54) is 0 Å². The van der Waals surface area contributed by atoms with Crippen LogP contribution in [-0.4, -0.2) is 38.8 Å². The largest absolute Gasteiger partial charge is 0.491 e. The molecule has 1 fully saturated rings. The summed E-state index contributed by atoms with van der Waals surface area (Å²) in [7, 11) is 1.90. The summed E-state index contributed by atoms with van der Waals surface area (Å²) in [6, 6.07) is 5.65. The molecule has 1 N–H and O–H groups in total. The number of carbonyl (C=O) groups excluding carboxylic acids is 1. The number of hydrogen-bond donors (Lipinski definition) is 1. The second-order valence-corrected chi connectivity index (χ2v) is 6.43. The predicted octanol–water partition coefficient (Wildman–Crippen LogP) is 3.28. The van der Waals surface area contributed by atoms with E-state index < -0.39 is 0 Å². The number of hydrogen-bond acceptors (Lipinski definition) is 4. The highest BCUT2D eigenvalue weighted by Gasteiger charge is 2.33. The molecule has 1 aliphatic heterocycles. The number of aryl methyl sites for hydroxylation is 2. The summed E-state index contributed by atoms with van der Waals surface area (Å²) < 4.78 is 7.66. The van der Waals surface area contributed by atoms with Crippen LogP contribution in [-0.2, 0) is 7.05 Å². The van der Waals surface area contributed by atoms with E-state index in [1.54, 1.807) is 6.33 Å². The van der Waals surface area contributed by atoms with Gasteiger partial charge in [-0.25, -0.2) is 4.79 Å². The Balaban J connectivity index is 1.77. The number of likely N-dealkylation sites (tertiary alicyclic amines) is 1. The summed E-state index contributed by atoms with van der Waals surface area (Å²) in [4.78, 5) is 14.7. The molecule has 2 aromatic rings. The van der Waals surface area contributed by atoms with Crippen LogP contribution in [0, 0.1) is 6.92 Å². The molecular weight excluding hydrogens is 318 g/mol. The van der Waals surface area contributed by atoms with Gasteiger partial charge in [-0.3, -0.25) is 0 Å². The van der Waals surface area contributed by atoms with Gasteiger partial charge in [0.1, 0.15) is 12.1 Å². The van der Waals surface area contributed by atoms with E-state index >= 15 is 0 Å². The van der Waals surface area contributed by atoms with Crippen molar-refractivity contribution in [3.8, 4) is 5.75 Å². The third-order valence-corrected chi connectivity index (χ3v) is 4.40. The van der Waals surface area contributed by atoms with Gasteiger partial charge in [0, 0.05) is 13.6 Å². The first-order valence-corrected chi connectivity index (χ1v) is 8.75. The number of amides is 2. The van der Waals surface area contributed by atoms with Gasteiger partial charge in [0.2, 0.25) is 0 Å². The van der Waals surface area contributed by atoms with Gasteiger partial charge in [0.25, 0.3) is 0 Å². The molecule has 1 saturated heterocycles. The van der Waals surface area contributed by atoms with Gasteiger partial charge in [-0.05, 0) is 43.9 Å². The summed E-state index contributed by atoms with van der Waals surface area (Å²) in [6.07, 6.45) is 4.44. The molecule has 0 unspecified atom stereocenters. The van der Waals surface area contributed by atoms with Crippen molar-refractivity contribution in [3.05, 3.63) is 35.9 Å². The van der Waals surface area contributed by atoms with Crippen molar-refractivity contribution in [3.63, 3.8) is 0 Å². The molecule has 2 amide bonds. The van der Waals surface area contributed by atoms with Crippen LogP contribution in [0.2, 0.25) is 0 Å². The number of urea groups is 1. The molecule has 1 aromatic carbocycles. The topological polar surface area (TPSA) is 72.3 Å². The fourth-order valence-electron chi connectivity index (χ4n) is 3.12. The smallest absolute Gasteiger partial charge is 0.322 e. The quantitative estimate of drug-likeness (QED) is 0.904. The number of ether oxygens (including phenoxy) is 1. The first kappa shape index (κ1) is 17.3. The van der Waals surface area contributed by atoms with E-state index in [4.69, 9.17) is 4.74 Å². The van der Waals surface area contributed by atoms with Gasteiger partial charge in [-0.2, -0.15) is 0 Å². The molecule has 25 heavy (non-hydrogen) atoms. The van der Waals surface area contributed by atoms with E-state index in [2.05, 4.69) is 22.4 Å². The van der Waals surface area contributed by atoms with Crippen molar-refractivity contribution in [1.82, 2.24) is 19.7 Å². The molecular formula is C18H25N5O2. The van der Waals surface area contributed by atoms with Crippen LogP contribution in [0.1, 0.15) is 43.6 Å². The number of rotatable bonds is 5. The number of nitrogens with one attached hydrogen (secondary N) is 1. The Kier molecular flexibility index (Phi) is 5.21. The van der Waals surface area contributed by atoms with E-state index in [0.29, 0.717) is 24.6 Å². The Bertz CT molecular complexity index is 743. The van der Waals surface area contributed by atoms with Crippen molar-refractivity contribution in [2.24, 2.45) is 7.05 Å². The molecule has 0 saturated carbocycles. The fraction of sp³-hybridized carbons (Fsp3) is 0.500. The van der Waals surface area contributed by atoms with Gasteiger partial charge in [0.15, 0.2) is 5.82 Å². The van der Waals surface area contributed by atoms with Crippen LogP contribution in [0.25, 0.3) is 0 Å². The van der Waals surface area contributed by atoms with Gasteiger partial charge >= 0.3 is 6.03 Å². The van der Waals surface area contributed by atoms with Crippen molar-refractivity contribution in [1.29, 1.82) is 0 Å². The summed E-state index contributed by atoms with van der Waals surface area (Å²) in [5, 5.41) is 11.1. The highest BCUT2D eigenvalue weighted by atomic mass is 16.5. The van der Waals surface area contributed by atoms with Crippen LogP contribution in [0.15, 0.2) is 24.5 Å². The molecule has 0 bridgehead atoms. The zero-order chi connectivity index (χ0) is 17.8. The molecule has 1 aromatic heterocycles. The van der Waals surface area contributed by atoms with Gasteiger partial charge in [-0.1, -0.05) is 13.0 Å². The van der Waals surface area contributed by atoms with Crippen LogP contribution < -0.4 is 10.1 Å². The molecule has 0 spiro atoms. The van der Waals surface area contributed by atoms with Crippen LogP contribution >= 0.6 is 0 Å². The van der Waals surface area contributed by atoms with E-state index in [1.807, 2.05) is 41.6 Å². The number of nitrogens with zero attached hydrogens (tertiary/aromatic N) is 4. The van der Waals surface area contributed by atoms with Crippen molar-refractivity contribution < 1.29 is 9.53 Å². The lowest BCUT2D eigenvalue weighted by atomic mass is 10.2. The normalized spacial score (nSPS) is 16.9. The lowest BCUT2D eigenvalue weighted by Gasteiger charge is -2.24. The van der Waals surface area contributed by atoms with E-state index in [9.17, 15) is 4.79 Å². The number of carbonyl (C=O) groups is 1. The standard InChI is InChI=1S/C18H25N5O2/c1-4-10-25-16-11-13(2)7-8-14(16)20-18(24)23-9-5-6-15(23)17-21-19-12-22(17)3/h7-8,11-12,15H,4-6,9-10H2,1-3H3,(H,20,24)/t15-/m1/s1. The number of anilines is 1. The van der Waals surface area contributed by atoms with Crippen molar-refractivity contribution in [2.45, 2.75) is 39.2 Å². The first-order valence-electron chi connectivity index (χ1n) is 8.75. The summed E-state index contributed by atoms with van der Waals surface area (Å²) in [5.74, 6) is 1.53. The summed E-state index contributed by atoms with van der Waals surface area (Å²) >= 11 is 0. The van der Waals surface area contributed by atoms with Crippen molar-refractivity contribution in [2.75, 3.05) is 18.5 Å². The molecule has 3 rings (SSSR count). The molecule has 0 aliphatic carbocycles. The van der Waals surface area contributed by atoms with Crippen LogP contribution in [0.3, 0.4) is 0 Å². The average molecular weight is 343 g/mol. The third-order valence-electron chi connectivity index (χ3n) is 4.40. The number of benzene rings is 1. The first-order chi connectivity index (χ1) is 12.1. The van der Waals surface area contributed by atoms with E-state index in [-0.39, 0.29) is 12.1 Å². The summed E-state index contributed by atoms with van der Waals surface area (Å²) in [6.45, 7) is 5.40. The molecule has 7 nitrogen and oxygen atoms in total. The molecule has 1 aliphatic rings. The minimum absolute atomic E-state index is 0.0436. The Labute approximate surface area is 148 Å². The van der Waals surface area contributed by atoms with Gasteiger partial charge in [-0.15, -0.1) is 10.2 Å². The molecule has 1 atom stereocenters. The molecule has 7 heteroatoms. The minimum Gasteiger partial charge on any atom is -0.491 e. The fourth-order valence-corrected chi connectivity index (χ4v) is 3.12. The SMILES string of the molecule is CCCOc1cc(C)ccc1NC(=O)N1CCC[C@@H]1c1nncn1C. The zero-order valence-corrected chi connectivity index (χ0v) is 15.0. The number of aromatic nitrogens is 3. The Morgan fingerprint density at radius 3 is 3.00 bits per heavy atom. The monoisotopic (exact) mass is 343 g/mol. The maximum Gasteiger partial charge on any atom is 0.322 e. The Hall–Kier alpha value is -2.57. The third kappa shape index (κ3) is 3.75. The Morgan fingerprint density at radius 1 is 1.44 bits per heavy atom.